The monoisotopic (exact) mass is 293 g/mol. The highest BCUT2D eigenvalue weighted by molar-refractivity contribution is 7.99. The smallest absolute Gasteiger partial charge is 0.159 e. The maximum atomic E-state index is 6.09. The van der Waals surface area contributed by atoms with E-state index in [0.717, 1.165) is 21.8 Å². The summed E-state index contributed by atoms with van der Waals surface area (Å²) in [5.74, 6) is 0.853. The minimum absolute atomic E-state index is 0.467. The normalized spacial score (nSPS) is 22.8. The summed E-state index contributed by atoms with van der Waals surface area (Å²) < 4.78 is 0. The highest BCUT2D eigenvalue weighted by Gasteiger charge is 2.24. The number of fused-ring (bicyclic) bond motifs is 1. The van der Waals surface area contributed by atoms with E-state index < -0.39 is 0 Å². The number of aromatic nitrogens is 2. The number of benzene rings is 1. The van der Waals surface area contributed by atoms with E-state index in [4.69, 9.17) is 11.6 Å². The minimum atomic E-state index is 0.467. The van der Waals surface area contributed by atoms with Gasteiger partial charge in [0.15, 0.2) is 11.0 Å². The number of nitrogens with zero attached hydrogens (tertiary/aromatic N) is 2. The molecule has 0 spiro atoms. The molecule has 3 nitrogen and oxygen atoms in total. The zero-order chi connectivity index (χ0) is 13.2. The van der Waals surface area contributed by atoms with Gasteiger partial charge >= 0.3 is 0 Å². The van der Waals surface area contributed by atoms with Crippen LogP contribution in [0.15, 0.2) is 24.3 Å². The topological polar surface area (TPSA) is 37.8 Å². The number of thioether (sulfide) groups is 1. The van der Waals surface area contributed by atoms with Crippen molar-refractivity contribution in [2.45, 2.75) is 30.6 Å². The molecule has 2 aromatic rings. The van der Waals surface area contributed by atoms with Gasteiger partial charge in [-0.05, 0) is 25.5 Å². The number of hydrogen-bond donors (Lipinski definition) is 1. The van der Waals surface area contributed by atoms with E-state index in [0.29, 0.717) is 11.2 Å². The molecule has 0 bridgehead atoms. The molecular weight excluding hydrogens is 278 g/mol. The first-order chi connectivity index (χ1) is 9.28. The lowest BCUT2D eigenvalue weighted by Crippen LogP contribution is -2.17. The van der Waals surface area contributed by atoms with Gasteiger partial charge in [-0.3, -0.25) is 0 Å². The van der Waals surface area contributed by atoms with Gasteiger partial charge in [0.05, 0.1) is 0 Å². The summed E-state index contributed by atoms with van der Waals surface area (Å²) in [6, 6.07) is 8.50. The molecule has 1 aromatic carbocycles. The predicted molar refractivity (Wildman–Crippen MR) is 83.1 cm³/mol. The van der Waals surface area contributed by atoms with E-state index in [1.54, 1.807) is 0 Å². The molecule has 1 aliphatic rings. The fourth-order valence-corrected chi connectivity index (χ4v) is 3.66. The minimum Gasteiger partial charge on any atom is -0.365 e. The molecule has 0 aliphatic heterocycles. The predicted octanol–water partition coefficient (Wildman–Crippen LogP) is 3.98. The van der Waals surface area contributed by atoms with E-state index in [-0.39, 0.29) is 0 Å². The number of hydrogen-bond acceptors (Lipinski definition) is 4. The van der Waals surface area contributed by atoms with Gasteiger partial charge in [0.1, 0.15) is 0 Å². The van der Waals surface area contributed by atoms with Gasteiger partial charge in [-0.25, -0.2) is 0 Å². The number of nitrogens with one attached hydrogen (secondary N) is 1. The van der Waals surface area contributed by atoms with Crippen LogP contribution in [0.3, 0.4) is 0 Å². The molecule has 2 unspecified atom stereocenters. The molecule has 1 aliphatic carbocycles. The van der Waals surface area contributed by atoms with Crippen molar-refractivity contribution in [2.75, 3.05) is 11.6 Å². The Morgan fingerprint density at radius 2 is 2.00 bits per heavy atom. The summed E-state index contributed by atoms with van der Waals surface area (Å²) in [5.41, 5.74) is 0. The quantitative estimate of drug-likeness (QED) is 0.929. The second kappa shape index (κ2) is 5.55. The van der Waals surface area contributed by atoms with Crippen LogP contribution in [-0.4, -0.2) is 27.7 Å². The van der Waals surface area contributed by atoms with E-state index in [9.17, 15) is 0 Å². The van der Waals surface area contributed by atoms with Gasteiger partial charge in [-0.15, -0.1) is 10.2 Å². The maximum absolute atomic E-state index is 6.09. The lowest BCUT2D eigenvalue weighted by atomic mass is 10.1. The van der Waals surface area contributed by atoms with Crippen LogP contribution in [0.25, 0.3) is 10.8 Å². The fourth-order valence-electron chi connectivity index (χ4n) is 2.66. The molecule has 0 radical (unpaired) electrons. The first-order valence-corrected chi connectivity index (χ1v) is 8.15. The third-order valence-corrected chi connectivity index (χ3v) is 5.07. The maximum Gasteiger partial charge on any atom is 0.159 e. The Morgan fingerprint density at radius 3 is 2.74 bits per heavy atom. The second-order valence-corrected chi connectivity index (χ2v) is 6.39. The molecule has 100 valence electrons. The standard InChI is InChI=1S/C14H16ClN3S/c1-19-10-7-6-9(8-10)16-14-12-5-3-2-4-11(12)13(15)17-18-14/h2-5,9-10H,6-8H2,1H3,(H,16,18). The highest BCUT2D eigenvalue weighted by Crippen LogP contribution is 2.32. The second-order valence-electron chi connectivity index (χ2n) is 4.90. The SMILES string of the molecule is CSC1CCC(Nc2nnc(Cl)c3ccccc23)C1. The summed E-state index contributed by atoms with van der Waals surface area (Å²) >= 11 is 8.04. The lowest BCUT2D eigenvalue weighted by Gasteiger charge is -2.14. The summed E-state index contributed by atoms with van der Waals surface area (Å²) in [6.07, 6.45) is 5.85. The Bertz CT molecular complexity index is 590. The van der Waals surface area contributed by atoms with Gasteiger partial charge in [0.2, 0.25) is 0 Å². The third kappa shape index (κ3) is 2.65. The van der Waals surface area contributed by atoms with Crippen molar-refractivity contribution in [1.82, 2.24) is 10.2 Å². The first-order valence-electron chi connectivity index (χ1n) is 6.48. The Balaban J connectivity index is 1.87. The van der Waals surface area contributed by atoms with Gasteiger partial charge < -0.3 is 5.32 Å². The average molecular weight is 294 g/mol. The van der Waals surface area contributed by atoms with Gasteiger partial charge in [-0.2, -0.15) is 11.8 Å². The fraction of sp³-hybridized carbons (Fsp3) is 0.429. The van der Waals surface area contributed by atoms with Crippen molar-refractivity contribution in [3.8, 4) is 0 Å². The van der Waals surface area contributed by atoms with Crippen LogP contribution in [0.4, 0.5) is 5.82 Å². The van der Waals surface area contributed by atoms with Crippen LogP contribution in [0.5, 0.6) is 0 Å². The largest absolute Gasteiger partial charge is 0.365 e. The van der Waals surface area contributed by atoms with E-state index in [1.165, 1.54) is 19.3 Å². The Hall–Kier alpha value is -1.00. The average Bonchev–Trinajstić information content (AvgIpc) is 2.90. The first kappa shape index (κ1) is 13.0. The molecule has 19 heavy (non-hydrogen) atoms. The number of rotatable bonds is 3. The molecule has 2 atom stereocenters. The van der Waals surface area contributed by atoms with Crippen molar-refractivity contribution in [3.63, 3.8) is 0 Å². The van der Waals surface area contributed by atoms with E-state index in [1.807, 2.05) is 36.0 Å². The summed E-state index contributed by atoms with van der Waals surface area (Å²) in [4.78, 5) is 0. The van der Waals surface area contributed by atoms with Gasteiger partial charge in [0.25, 0.3) is 0 Å². The van der Waals surface area contributed by atoms with Crippen molar-refractivity contribution < 1.29 is 0 Å². The highest BCUT2D eigenvalue weighted by atomic mass is 35.5. The molecule has 5 heteroatoms. The summed E-state index contributed by atoms with van der Waals surface area (Å²) in [5, 5.41) is 15.0. The molecule has 0 amide bonds. The van der Waals surface area contributed by atoms with Crippen molar-refractivity contribution in [3.05, 3.63) is 29.4 Å². The van der Waals surface area contributed by atoms with Crippen LogP contribution in [0, 0.1) is 0 Å². The molecule has 1 saturated carbocycles. The molecule has 1 aromatic heterocycles. The zero-order valence-corrected chi connectivity index (χ0v) is 12.3. The van der Waals surface area contributed by atoms with Crippen LogP contribution < -0.4 is 5.32 Å². The Kier molecular flexibility index (Phi) is 3.80. The summed E-state index contributed by atoms with van der Waals surface area (Å²) in [6.45, 7) is 0. The molecule has 1 heterocycles. The van der Waals surface area contributed by atoms with Crippen LogP contribution in [-0.2, 0) is 0 Å². The van der Waals surface area contributed by atoms with Crippen LogP contribution in [0.2, 0.25) is 5.15 Å². The molecule has 1 fully saturated rings. The zero-order valence-electron chi connectivity index (χ0n) is 10.8. The van der Waals surface area contributed by atoms with Crippen molar-refractivity contribution in [1.29, 1.82) is 0 Å². The summed E-state index contributed by atoms with van der Waals surface area (Å²) in [7, 11) is 0. The van der Waals surface area contributed by atoms with Gasteiger partial charge in [-0.1, -0.05) is 35.9 Å². The molecule has 0 saturated heterocycles. The van der Waals surface area contributed by atoms with Crippen LogP contribution in [0.1, 0.15) is 19.3 Å². The van der Waals surface area contributed by atoms with E-state index in [2.05, 4.69) is 21.8 Å². The Morgan fingerprint density at radius 1 is 1.21 bits per heavy atom. The molecule has 3 rings (SSSR count). The third-order valence-electron chi connectivity index (χ3n) is 3.70. The number of halogens is 1. The van der Waals surface area contributed by atoms with Crippen LogP contribution >= 0.6 is 23.4 Å². The lowest BCUT2D eigenvalue weighted by molar-refractivity contribution is 0.750. The van der Waals surface area contributed by atoms with Gasteiger partial charge in [0, 0.05) is 22.1 Å². The van der Waals surface area contributed by atoms with E-state index >= 15 is 0 Å². The Labute approximate surface area is 122 Å². The molecular formula is C14H16ClN3S. The van der Waals surface area contributed by atoms with Crippen molar-refractivity contribution >= 4 is 40.0 Å². The number of anilines is 1. The van der Waals surface area contributed by atoms with Crippen molar-refractivity contribution in [2.24, 2.45) is 0 Å². The molecule has 1 N–H and O–H groups in total.